The summed E-state index contributed by atoms with van der Waals surface area (Å²) in [5, 5.41) is 2.89. The normalized spacial score (nSPS) is 10.5. The third-order valence-electron chi connectivity index (χ3n) is 6.36. The van der Waals surface area contributed by atoms with Gasteiger partial charge < -0.3 is 29.0 Å². The number of hydrogen-bond donors (Lipinski definition) is 1. The van der Waals surface area contributed by atoms with Crippen LogP contribution in [0, 0.1) is 5.82 Å². The maximum absolute atomic E-state index is 15.3. The van der Waals surface area contributed by atoms with Crippen LogP contribution in [0.2, 0.25) is 0 Å². The Kier molecular flexibility index (Phi) is 10.4. The van der Waals surface area contributed by atoms with Crippen LogP contribution in [0.4, 0.5) is 4.39 Å². The molecule has 0 aliphatic heterocycles. The van der Waals surface area contributed by atoms with Gasteiger partial charge in [0.05, 0.1) is 27.8 Å². The van der Waals surface area contributed by atoms with Crippen LogP contribution in [-0.2, 0) is 30.8 Å². The molecular formula is C33H34FNO6. The second kappa shape index (κ2) is 14.6. The van der Waals surface area contributed by atoms with Gasteiger partial charge in [-0.15, -0.1) is 0 Å². The van der Waals surface area contributed by atoms with Crippen molar-refractivity contribution < 1.29 is 32.9 Å². The highest BCUT2D eigenvalue weighted by atomic mass is 19.1. The maximum Gasteiger partial charge on any atom is 0.224 e. The first-order valence-electron chi connectivity index (χ1n) is 13.2. The molecule has 0 aliphatic carbocycles. The highest BCUT2D eigenvalue weighted by molar-refractivity contribution is 5.79. The predicted octanol–water partition coefficient (Wildman–Crippen LogP) is 5.91. The van der Waals surface area contributed by atoms with E-state index in [4.69, 9.17) is 23.7 Å². The fourth-order valence-corrected chi connectivity index (χ4v) is 4.31. The molecule has 41 heavy (non-hydrogen) atoms. The molecule has 4 aromatic rings. The number of carbonyl (C=O) groups excluding carboxylic acids is 1. The number of nitrogens with one attached hydrogen (secondary N) is 1. The number of ether oxygens (including phenoxy) is 5. The zero-order valence-electron chi connectivity index (χ0n) is 23.4. The first kappa shape index (κ1) is 29.3. The van der Waals surface area contributed by atoms with Gasteiger partial charge in [-0.1, -0.05) is 60.7 Å². The molecule has 0 aliphatic rings. The molecule has 4 rings (SSSR count). The number of halogens is 1. The Hall–Kier alpha value is -4.72. The lowest BCUT2D eigenvalue weighted by Gasteiger charge is -2.16. The fraction of sp³-hybridized carbons (Fsp3) is 0.242. The van der Waals surface area contributed by atoms with Gasteiger partial charge in [0, 0.05) is 6.54 Å². The fourth-order valence-electron chi connectivity index (χ4n) is 4.31. The molecule has 1 N–H and O–H groups in total. The van der Waals surface area contributed by atoms with Crippen molar-refractivity contribution in [2.45, 2.75) is 26.1 Å². The summed E-state index contributed by atoms with van der Waals surface area (Å²) in [6.45, 7) is 0.776. The number of rotatable bonds is 14. The first-order valence-corrected chi connectivity index (χ1v) is 13.2. The molecule has 214 valence electrons. The summed E-state index contributed by atoms with van der Waals surface area (Å²) in [5.41, 5.74) is 3.25. The van der Waals surface area contributed by atoms with Crippen LogP contribution in [0.1, 0.15) is 22.3 Å². The monoisotopic (exact) mass is 559 g/mol. The van der Waals surface area contributed by atoms with Crippen molar-refractivity contribution in [2.24, 2.45) is 0 Å². The van der Waals surface area contributed by atoms with Crippen molar-refractivity contribution >= 4 is 5.91 Å². The molecule has 1 amide bonds. The summed E-state index contributed by atoms with van der Waals surface area (Å²) >= 11 is 0. The smallest absolute Gasteiger partial charge is 0.224 e. The SMILES string of the molecule is COc1cc(CC(=O)NCCc2cc(F)c(OCc3ccccc3)c(OCc3ccccc3)c2)cc(OC)c1OC. The Morgan fingerprint density at radius 3 is 1.78 bits per heavy atom. The highest BCUT2D eigenvalue weighted by Crippen LogP contribution is 2.38. The minimum atomic E-state index is -0.523. The van der Waals surface area contributed by atoms with Crippen LogP contribution in [0.5, 0.6) is 28.7 Å². The number of carbonyl (C=O) groups is 1. The summed E-state index contributed by atoms with van der Waals surface area (Å²) in [4.78, 5) is 12.7. The standard InChI is InChI=1S/C33H34FNO6/c1-37-28-18-26(19-29(38-2)33(28)39-3)20-31(36)35-15-14-25-16-27(34)32(41-22-24-12-8-5-9-13-24)30(17-25)40-21-23-10-6-4-7-11-23/h4-13,16-19H,14-15,20-22H2,1-3H3,(H,35,36). The van der Waals surface area contributed by atoms with Crippen LogP contribution >= 0.6 is 0 Å². The molecule has 7 nitrogen and oxygen atoms in total. The topological polar surface area (TPSA) is 75.3 Å². The van der Waals surface area contributed by atoms with E-state index in [1.165, 1.54) is 27.4 Å². The molecule has 0 unspecified atom stereocenters. The van der Waals surface area contributed by atoms with E-state index in [9.17, 15) is 4.79 Å². The lowest BCUT2D eigenvalue weighted by molar-refractivity contribution is -0.120. The van der Waals surface area contributed by atoms with Crippen molar-refractivity contribution in [1.29, 1.82) is 0 Å². The van der Waals surface area contributed by atoms with Crippen LogP contribution in [0.3, 0.4) is 0 Å². The van der Waals surface area contributed by atoms with Gasteiger partial charge in [-0.05, 0) is 52.9 Å². The summed E-state index contributed by atoms with van der Waals surface area (Å²) in [6.07, 6.45) is 0.515. The number of amides is 1. The predicted molar refractivity (Wildman–Crippen MR) is 154 cm³/mol. The van der Waals surface area contributed by atoms with E-state index in [1.54, 1.807) is 18.2 Å². The van der Waals surface area contributed by atoms with Gasteiger partial charge in [0.2, 0.25) is 11.7 Å². The van der Waals surface area contributed by atoms with E-state index < -0.39 is 5.82 Å². The average Bonchev–Trinajstić information content (AvgIpc) is 3.00. The number of hydrogen-bond acceptors (Lipinski definition) is 6. The second-order valence-electron chi connectivity index (χ2n) is 9.26. The minimum Gasteiger partial charge on any atom is -0.493 e. The number of benzene rings is 4. The minimum absolute atomic E-state index is 0.0555. The van der Waals surface area contributed by atoms with E-state index in [-0.39, 0.29) is 31.3 Å². The van der Waals surface area contributed by atoms with E-state index in [1.807, 2.05) is 60.7 Å². The van der Waals surface area contributed by atoms with E-state index in [0.29, 0.717) is 47.1 Å². The summed E-state index contributed by atoms with van der Waals surface area (Å²) in [6, 6.07) is 25.8. The van der Waals surface area contributed by atoms with Gasteiger partial charge in [-0.2, -0.15) is 0 Å². The number of methoxy groups -OCH3 is 3. The molecule has 0 fully saturated rings. The Balaban J connectivity index is 1.42. The molecule has 0 heterocycles. The van der Waals surface area contributed by atoms with E-state index in [2.05, 4.69) is 5.32 Å². The van der Waals surface area contributed by atoms with Crippen LogP contribution in [0.25, 0.3) is 0 Å². The third-order valence-corrected chi connectivity index (χ3v) is 6.36. The average molecular weight is 560 g/mol. The molecule has 8 heteroatoms. The lowest BCUT2D eigenvalue weighted by atomic mass is 10.1. The van der Waals surface area contributed by atoms with E-state index >= 15 is 4.39 Å². The first-order chi connectivity index (χ1) is 20.0. The zero-order valence-corrected chi connectivity index (χ0v) is 23.4. The largest absolute Gasteiger partial charge is 0.493 e. The van der Waals surface area contributed by atoms with E-state index in [0.717, 1.165) is 11.1 Å². The van der Waals surface area contributed by atoms with Crippen molar-refractivity contribution in [3.8, 4) is 28.7 Å². The molecule has 0 radical (unpaired) electrons. The van der Waals surface area contributed by atoms with Gasteiger partial charge in [-0.3, -0.25) is 4.79 Å². The van der Waals surface area contributed by atoms with Gasteiger partial charge in [-0.25, -0.2) is 4.39 Å². The van der Waals surface area contributed by atoms with Crippen LogP contribution in [-0.4, -0.2) is 33.8 Å². The molecule has 0 bridgehead atoms. The van der Waals surface area contributed by atoms with Gasteiger partial charge in [0.1, 0.15) is 13.2 Å². The Morgan fingerprint density at radius 1 is 0.659 bits per heavy atom. The van der Waals surface area contributed by atoms with Crippen molar-refractivity contribution in [2.75, 3.05) is 27.9 Å². The summed E-state index contributed by atoms with van der Waals surface area (Å²) in [5.74, 6) is 1.06. The van der Waals surface area contributed by atoms with Crippen LogP contribution in [0.15, 0.2) is 84.9 Å². The third kappa shape index (κ3) is 8.14. The Morgan fingerprint density at radius 2 is 1.22 bits per heavy atom. The Labute approximate surface area is 239 Å². The second-order valence-corrected chi connectivity index (χ2v) is 9.26. The maximum atomic E-state index is 15.3. The van der Waals surface area contributed by atoms with Crippen LogP contribution < -0.4 is 29.0 Å². The van der Waals surface area contributed by atoms with Gasteiger partial charge in [0.25, 0.3) is 0 Å². The summed E-state index contributed by atoms with van der Waals surface area (Å²) < 4.78 is 43.2. The van der Waals surface area contributed by atoms with Crippen molar-refractivity contribution in [3.63, 3.8) is 0 Å². The van der Waals surface area contributed by atoms with Gasteiger partial charge in [0.15, 0.2) is 28.8 Å². The molecule has 4 aromatic carbocycles. The lowest BCUT2D eigenvalue weighted by Crippen LogP contribution is -2.27. The Bertz CT molecular complexity index is 1400. The van der Waals surface area contributed by atoms with Crippen molar-refractivity contribution in [3.05, 3.63) is 113 Å². The quantitative estimate of drug-likeness (QED) is 0.207. The molecule has 0 atom stereocenters. The van der Waals surface area contributed by atoms with Crippen molar-refractivity contribution in [1.82, 2.24) is 5.32 Å². The molecule has 0 saturated heterocycles. The highest BCUT2D eigenvalue weighted by Gasteiger charge is 2.17. The molecule has 0 aromatic heterocycles. The molecular weight excluding hydrogens is 525 g/mol. The summed E-state index contributed by atoms with van der Waals surface area (Å²) in [7, 11) is 4.57. The molecule has 0 spiro atoms. The zero-order chi connectivity index (χ0) is 29.0. The van der Waals surface area contributed by atoms with Gasteiger partial charge >= 0.3 is 0 Å². The molecule has 0 saturated carbocycles.